The molecule has 10 heteroatoms. The molecule has 2 N–H and O–H groups in total. The highest BCUT2D eigenvalue weighted by atomic mass is 127. The van der Waals surface area contributed by atoms with E-state index < -0.39 is 0 Å². The first-order valence-electron chi connectivity index (χ1n) is 9.67. The molecule has 0 saturated carbocycles. The van der Waals surface area contributed by atoms with E-state index in [9.17, 15) is 4.79 Å². The van der Waals surface area contributed by atoms with Crippen molar-refractivity contribution in [3.05, 3.63) is 39.5 Å². The molecule has 2 rings (SSSR count). The van der Waals surface area contributed by atoms with Crippen LogP contribution in [0.1, 0.15) is 59.2 Å². The van der Waals surface area contributed by atoms with Gasteiger partial charge in [0.05, 0.1) is 24.9 Å². The number of pyridine rings is 1. The molecule has 0 aromatic carbocycles. The number of esters is 1. The van der Waals surface area contributed by atoms with Crippen molar-refractivity contribution in [2.75, 3.05) is 20.3 Å². The van der Waals surface area contributed by atoms with Crippen LogP contribution in [0.15, 0.2) is 23.3 Å². The lowest BCUT2D eigenvalue weighted by molar-refractivity contribution is 0.0531. The fraction of sp³-hybridized carbons (Fsp3) is 0.500. The molecule has 2 aromatic rings. The van der Waals surface area contributed by atoms with Gasteiger partial charge in [0.2, 0.25) is 5.88 Å². The Kier molecular flexibility index (Phi) is 11.6. The number of aryl methyl sites for hydroxylation is 1. The highest BCUT2D eigenvalue weighted by molar-refractivity contribution is 14.0. The lowest BCUT2D eigenvalue weighted by atomic mass is 10.3. The van der Waals surface area contributed by atoms with Crippen molar-refractivity contribution in [2.45, 2.75) is 46.7 Å². The first-order valence-corrected chi connectivity index (χ1v) is 10.5. The topological polar surface area (TPSA) is 97.7 Å². The number of carbonyl (C=O) groups excluding carboxylic acids is 1. The quantitative estimate of drug-likeness (QED) is 0.213. The van der Waals surface area contributed by atoms with Crippen LogP contribution in [-0.4, -0.2) is 42.2 Å². The first-order chi connectivity index (χ1) is 14.0. The molecular formula is C20H30IN5O3S. The molecule has 0 radical (unpaired) electrons. The van der Waals surface area contributed by atoms with E-state index >= 15 is 0 Å². The Hall–Kier alpha value is -1.95. The van der Waals surface area contributed by atoms with Gasteiger partial charge in [-0.15, -0.1) is 35.3 Å². The average molecular weight is 547 g/mol. The number of hydrogen-bond acceptors (Lipinski definition) is 7. The summed E-state index contributed by atoms with van der Waals surface area (Å²) in [6.07, 6.45) is 2.73. The third kappa shape index (κ3) is 7.71. The third-order valence-electron chi connectivity index (χ3n) is 3.93. The molecule has 0 bridgehead atoms. The maximum atomic E-state index is 12.0. The minimum absolute atomic E-state index is 0. The van der Waals surface area contributed by atoms with Gasteiger partial charge in [-0.05, 0) is 32.8 Å². The number of rotatable bonds is 9. The number of aromatic nitrogens is 2. The number of hydrogen-bond donors (Lipinski definition) is 2. The Balaban J connectivity index is 0.00000450. The Labute approximate surface area is 198 Å². The molecule has 0 fully saturated rings. The summed E-state index contributed by atoms with van der Waals surface area (Å²) >= 11 is 1.34. The van der Waals surface area contributed by atoms with E-state index in [1.165, 1.54) is 11.3 Å². The van der Waals surface area contributed by atoms with Crippen molar-refractivity contribution in [1.29, 1.82) is 0 Å². The number of thiazole rings is 1. The molecule has 1 atom stereocenters. The number of aliphatic imine (C=N–C) groups is 1. The summed E-state index contributed by atoms with van der Waals surface area (Å²) in [4.78, 5) is 25.6. The molecule has 0 saturated heterocycles. The zero-order chi connectivity index (χ0) is 21.2. The van der Waals surface area contributed by atoms with E-state index in [2.05, 4.69) is 32.5 Å². The average Bonchev–Trinajstić information content (AvgIpc) is 3.12. The lowest BCUT2D eigenvalue weighted by Crippen LogP contribution is -2.38. The van der Waals surface area contributed by atoms with E-state index in [-0.39, 0.29) is 36.0 Å². The van der Waals surface area contributed by atoms with Crippen LogP contribution in [0.2, 0.25) is 0 Å². The van der Waals surface area contributed by atoms with Crippen LogP contribution in [0.5, 0.6) is 5.88 Å². The second-order valence-electron chi connectivity index (χ2n) is 6.33. The minimum Gasteiger partial charge on any atom is -0.478 e. The summed E-state index contributed by atoms with van der Waals surface area (Å²) in [6, 6.07) is 3.72. The SMILES string of the molecule is CCCOc1ccc(CNC(=NC)NC(C)c2nc(C)c(C(=O)OCC)s2)cn1.I. The van der Waals surface area contributed by atoms with Gasteiger partial charge >= 0.3 is 5.97 Å². The van der Waals surface area contributed by atoms with Crippen molar-refractivity contribution in [3.63, 3.8) is 0 Å². The Morgan fingerprint density at radius 3 is 2.70 bits per heavy atom. The van der Waals surface area contributed by atoms with Gasteiger partial charge in [0.25, 0.3) is 0 Å². The van der Waals surface area contributed by atoms with E-state index in [1.807, 2.05) is 26.0 Å². The lowest BCUT2D eigenvalue weighted by Gasteiger charge is -2.16. The second kappa shape index (κ2) is 13.4. The van der Waals surface area contributed by atoms with Gasteiger partial charge in [0.1, 0.15) is 9.88 Å². The van der Waals surface area contributed by atoms with Gasteiger partial charge in [-0.1, -0.05) is 13.0 Å². The van der Waals surface area contributed by atoms with Crippen molar-refractivity contribution in [1.82, 2.24) is 20.6 Å². The number of carbonyl (C=O) groups is 1. The number of nitrogens with zero attached hydrogens (tertiary/aromatic N) is 3. The molecule has 2 heterocycles. The maximum Gasteiger partial charge on any atom is 0.350 e. The molecule has 0 spiro atoms. The summed E-state index contributed by atoms with van der Waals surface area (Å²) in [7, 11) is 1.71. The summed E-state index contributed by atoms with van der Waals surface area (Å²) < 4.78 is 10.6. The van der Waals surface area contributed by atoms with Crippen LogP contribution in [0.25, 0.3) is 0 Å². The maximum absolute atomic E-state index is 12.0. The number of ether oxygens (including phenoxy) is 2. The zero-order valence-electron chi connectivity index (χ0n) is 18.0. The van der Waals surface area contributed by atoms with E-state index in [1.54, 1.807) is 20.2 Å². The highest BCUT2D eigenvalue weighted by Gasteiger charge is 2.20. The third-order valence-corrected chi connectivity index (χ3v) is 5.25. The van der Waals surface area contributed by atoms with Gasteiger partial charge in [0.15, 0.2) is 5.96 Å². The second-order valence-corrected chi connectivity index (χ2v) is 7.36. The highest BCUT2D eigenvalue weighted by Crippen LogP contribution is 2.24. The van der Waals surface area contributed by atoms with Gasteiger partial charge < -0.3 is 20.1 Å². The summed E-state index contributed by atoms with van der Waals surface area (Å²) in [6.45, 7) is 9.20. The van der Waals surface area contributed by atoms with Crippen molar-refractivity contribution < 1.29 is 14.3 Å². The van der Waals surface area contributed by atoms with Crippen LogP contribution < -0.4 is 15.4 Å². The smallest absolute Gasteiger partial charge is 0.350 e. The van der Waals surface area contributed by atoms with Crippen LogP contribution in [0, 0.1) is 6.92 Å². The molecule has 166 valence electrons. The first kappa shape index (κ1) is 26.1. The summed E-state index contributed by atoms with van der Waals surface area (Å²) in [5, 5.41) is 7.35. The van der Waals surface area contributed by atoms with Crippen molar-refractivity contribution in [3.8, 4) is 5.88 Å². The number of guanidine groups is 1. The van der Waals surface area contributed by atoms with E-state index in [0.29, 0.717) is 42.2 Å². The molecule has 0 aliphatic heterocycles. The van der Waals surface area contributed by atoms with Gasteiger partial charge in [-0.25, -0.2) is 14.8 Å². The molecule has 0 aliphatic rings. The van der Waals surface area contributed by atoms with Crippen LogP contribution in [0.4, 0.5) is 0 Å². The predicted molar refractivity (Wildman–Crippen MR) is 130 cm³/mol. The molecule has 8 nitrogen and oxygen atoms in total. The van der Waals surface area contributed by atoms with Gasteiger partial charge in [0, 0.05) is 25.9 Å². The Morgan fingerprint density at radius 1 is 1.33 bits per heavy atom. The standard InChI is InChI=1S/C20H29N5O3S.HI/c1-6-10-28-16-9-8-15(11-22-16)12-23-20(21-5)25-14(4)18-24-13(3)17(29-18)19(26)27-7-2;/h8-9,11,14H,6-7,10,12H2,1-5H3,(H2,21,23,25);1H. The summed E-state index contributed by atoms with van der Waals surface area (Å²) in [5.74, 6) is 0.931. The summed E-state index contributed by atoms with van der Waals surface area (Å²) in [5.41, 5.74) is 1.69. The Bertz CT molecular complexity index is 826. The van der Waals surface area contributed by atoms with Gasteiger partial charge in [-0.2, -0.15) is 0 Å². The number of halogens is 1. The monoisotopic (exact) mass is 547 g/mol. The largest absolute Gasteiger partial charge is 0.478 e. The van der Waals surface area contributed by atoms with Crippen LogP contribution in [-0.2, 0) is 11.3 Å². The minimum atomic E-state index is -0.331. The molecule has 0 amide bonds. The molecular weight excluding hydrogens is 517 g/mol. The zero-order valence-corrected chi connectivity index (χ0v) is 21.2. The van der Waals surface area contributed by atoms with Crippen molar-refractivity contribution in [2.24, 2.45) is 4.99 Å². The Morgan fingerprint density at radius 2 is 2.10 bits per heavy atom. The van der Waals surface area contributed by atoms with E-state index in [0.717, 1.165) is 17.0 Å². The number of nitrogens with one attached hydrogen (secondary N) is 2. The molecule has 0 aliphatic carbocycles. The van der Waals surface area contributed by atoms with Gasteiger partial charge in [-0.3, -0.25) is 4.99 Å². The molecule has 30 heavy (non-hydrogen) atoms. The fourth-order valence-corrected chi connectivity index (χ4v) is 3.41. The van der Waals surface area contributed by atoms with Crippen LogP contribution >= 0.6 is 35.3 Å². The van der Waals surface area contributed by atoms with Crippen LogP contribution in [0.3, 0.4) is 0 Å². The van der Waals surface area contributed by atoms with E-state index in [4.69, 9.17) is 9.47 Å². The van der Waals surface area contributed by atoms with Crippen molar-refractivity contribution >= 4 is 47.2 Å². The normalized spacial score (nSPS) is 12.0. The predicted octanol–water partition coefficient (Wildman–Crippen LogP) is 3.86. The molecule has 1 unspecified atom stereocenters. The fourth-order valence-electron chi connectivity index (χ4n) is 2.44. The molecule has 2 aromatic heterocycles.